The van der Waals surface area contributed by atoms with Gasteiger partial charge in [-0.3, -0.25) is 4.79 Å². The number of aliphatic hydroxyl groups excluding tert-OH is 1. The molecular weight excluding hydrogens is 364 g/mol. The van der Waals surface area contributed by atoms with Gasteiger partial charge in [0.2, 0.25) is 0 Å². The molecule has 0 bridgehead atoms. The van der Waals surface area contributed by atoms with Gasteiger partial charge in [0.1, 0.15) is 17.2 Å². The fraction of sp³-hybridized carbons (Fsp3) is 0.235. The van der Waals surface area contributed by atoms with Crippen molar-refractivity contribution in [2.24, 2.45) is 0 Å². The summed E-state index contributed by atoms with van der Waals surface area (Å²) < 4.78 is 16.9. The number of Topliss-reactive ketones (excluding diaryl/α,β-unsaturated/α-hetero) is 1. The average molecular weight is 379 g/mol. The Bertz CT molecular complexity index is 759. The maximum atomic E-state index is 12.5. The van der Waals surface area contributed by atoms with Crippen LogP contribution in [0.15, 0.2) is 40.9 Å². The Morgan fingerprint density at radius 1 is 1.13 bits per heavy atom. The molecule has 0 aliphatic carbocycles. The number of hydrogen-bond acceptors (Lipinski definition) is 5. The Balaban J connectivity index is 1.99. The molecule has 0 fully saturated rings. The Kier molecular flexibility index (Phi) is 4.28. The van der Waals surface area contributed by atoms with E-state index in [1.165, 1.54) is 7.11 Å². The highest BCUT2D eigenvalue weighted by Crippen LogP contribution is 2.38. The highest BCUT2D eigenvalue weighted by atomic mass is 79.9. The zero-order chi connectivity index (χ0) is 16.6. The molecule has 3 rings (SSSR count). The van der Waals surface area contributed by atoms with Crippen molar-refractivity contribution in [2.75, 3.05) is 14.2 Å². The quantitative estimate of drug-likeness (QED) is 0.888. The van der Waals surface area contributed by atoms with Gasteiger partial charge in [0.05, 0.1) is 24.3 Å². The summed E-state index contributed by atoms with van der Waals surface area (Å²) in [5.41, 5.74) is 1.00. The van der Waals surface area contributed by atoms with Crippen molar-refractivity contribution in [3.8, 4) is 17.2 Å². The number of methoxy groups -OCH3 is 2. The number of carbonyl (C=O) groups excluding carboxylic acids is 1. The van der Waals surface area contributed by atoms with Crippen LogP contribution >= 0.6 is 15.9 Å². The van der Waals surface area contributed by atoms with Gasteiger partial charge in [0, 0.05) is 0 Å². The first-order valence-electron chi connectivity index (χ1n) is 6.95. The zero-order valence-electron chi connectivity index (χ0n) is 12.6. The van der Waals surface area contributed by atoms with Crippen LogP contribution in [0.1, 0.15) is 22.0 Å². The molecule has 0 amide bonds. The molecule has 1 aliphatic heterocycles. The van der Waals surface area contributed by atoms with Gasteiger partial charge in [-0.15, -0.1) is 0 Å². The molecule has 0 saturated heterocycles. The smallest absolute Gasteiger partial charge is 0.199 e. The molecule has 0 aromatic heterocycles. The van der Waals surface area contributed by atoms with E-state index in [9.17, 15) is 9.90 Å². The number of fused-ring (bicyclic) bond motifs is 1. The highest BCUT2D eigenvalue weighted by Gasteiger charge is 2.37. The van der Waals surface area contributed by atoms with Gasteiger partial charge in [0.15, 0.2) is 18.0 Å². The summed E-state index contributed by atoms with van der Waals surface area (Å²) in [6, 6.07) is 10.2. The number of ketones is 1. The third-order valence-electron chi connectivity index (χ3n) is 3.77. The normalized spacial score (nSPS) is 19.7. The molecule has 6 heteroatoms. The molecule has 0 unspecified atom stereocenters. The lowest BCUT2D eigenvalue weighted by atomic mass is 9.93. The topological polar surface area (TPSA) is 65.0 Å². The SMILES string of the molecule is COc1ccc2c(c1)C(=O)[C@@H](O)[C@H](c1ccc(OC)c(Br)c1)O2. The van der Waals surface area contributed by atoms with Crippen LogP contribution in [0.5, 0.6) is 17.2 Å². The summed E-state index contributed by atoms with van der Waals surface area (Å²) >= 11 is 3.40. The highest BCUT2D eigenvalue weighted by molar-refractivity contribution is 9.10. The Hall–Kier alpha value is -2.05. The molecule has 2 aromatic rings. The minimum Gasteiger partial charge on any atom is -0.497 e. The molecule has 120 valence electrons. The fourth-order valence-electron chi connectivity index (χ4n) is 2.54. The summed E-state index contributed by atoms with van der Waals surface area (Å²) in [5, 5.41) is 10.4. The van der Waals surface area contributed by atoms with E-state index in [2.05, 4.69) is 15.9 Å². The molecule has 1 heterocycles. The number of carbonyl (C=O) groups is 1. The lowest BCUT2D eigenvalue weighted by Crippen LogP contribution is -2.36. The van der Waals surface area contributed by atoms with E-state index in [0.29, 0.717) is 28.4 Å². The van der Waals surface area contributed by atoms with E-state index in [-0.39, 0.29) is 5.78 Å². The minimum absolute atomic E-state index is 0.320. The third kappa shape index (κ3) is 2.80. The first-order valence-corrected chi connectivity index (χ1v) is 7.75. The van der Waals surface area contributed by atoms with E-state index >= 15 is 0 Å². The molecule has 2 atom stereocenters. The van der Waals surface area contributed by atoms with E-state index in [0.717, 1.165) is 4.47 Å². The second kappa shape index (κ2) is 6.22. The maximum absolute atomic E-state index is 12.5. The third-order valence-corrected chi connectivity index (χ3v) is 4.39. The number of halogens is 1. The van der Waals surface area contributed by atoms with Crippen LogP contribution in [0.2, 0.25) is 0 Å². The first kappa shape index (κ1) is 15.8. The van der Waals surface area contributed by atoms with E-state index in [1.54, 1.807) is 43.5 Å². The maximum Gasteiger partial charge on any atom is 0.199 e. The van der Waals surface area contributed by atoms with Gasteiger partial charge in [-0.1, -0.05) is 6.07 Å². The van der Waals surface area contributed by atoms with Crippen molar-refractivity contribution in [1.82, 2.24) is 0 Å². The molecule has 0 saturated carbocycles. The number of rotatable bonds is 3. The lowest BCUT2D eigenvalue weighted by Gasteiger charge is -2.30. The van der Waals surface area contributed by atoms with Gasteiger partial charge < -0.3 is 19.3 Å². The Morgan fingerprint density at radius 3 is 2.57 bits per heavy atom. The van der Waals surface area contributed by atoms with Crippen LogP contribution in [-0.2, 0) is 0 Å². The second-order valence-corrected chi connectivity index (χ2v) is 5.96. The molecule has 2 aromatic carbocycles. The van der Waals surface area contributed by atoms with E-state index < -0.39 is 12.2 Å². The number of hydrogen-bond donors (Lipinski definition) is 1. The van der Waals surface area contributed by atoms with Crippen LogP contribution in [0.4, 0.5) is 0 Å². The molecule has 5 nitrogen and oxygen atoms in total. The Labute approximate surface area is 141 Å². The van der Waals surface area contributed by atoms with E-state index in [1.807, 2.05) is 0 Å². The van der Waals surface area contributed by atoms with Crippen LogP contribution < -0.4 is 14.2 Å². The predicted molar refractivity (Wildman–Crippen MR) is 87.4 cm³/mol. The fourth-order valence-corrected chi connectivity index (χ4v) is 3.10. The summed E-state index contributed by atoms with van der Waals surface area (Å²) in [6.07, 6.45) is -2.06. The predicted octanol–water partition coefficient (Wildman–Crippen LogP) is 3.14. The minimum atomic E-state index is -1.28. The Morgan fingerprint density at radius 2 is 1.91 bits per heavy atom. The lowest BCUT2D eigenvalue weighted by molar-refractivity contribution is 0.0215. The summed E-state index contributed by atoms with van der Waals surface area (Å²) in [4.78, 5) is 12.5. The summed E-state index contributed by atoms with van der Waals surface area (Å²) in [5.74, 6) is 1.24. The van der Waals surface area contributed by atoms with Crippen LogP contribution in [0, 0.1) is 0 Å². The van der Waals surface area contributed by atoms with Gasteiger partial charge >= 0.3 is 0 Å². The second-order valence-electron chi connectivity index (χ2n) is 5.10. The monoisotopic (exact) mass is 378 g/mol. The van der Waals surface area contributed by atoms with Gasteiger partial charge in [-0.2, -0.15) is 0 Å². The molecule has 1 N–H and O–H groups in total. The van der Waals surface area contributed by atoms with Crippen molar-refractivity contribution >= 4 is 21.7 Å². The van der Waals surface area contributed by atoms with Crippen molar-refractivity contribution in [1.29, 1.82) is 0 Å². The number of aliphatic hydroxyl groups is 1. The van der Waals surface area contributed by atoms with Crippen molar-refractivity contribution in [2.45, 2.75) is 12.2 Å². The number of ether oxygens (including phenoxy) is 3. The molecule has 0 spiro atoms. The standard InChI is InChI=1S/C17H15BrO5/c1-21-10-4-6-13-11(8-10)15(19)16(20)17(23-13)9-3-5-14(22-2)12(18)7-9/h3-8,16-17,20H,1-2H3/t16-,17+/m1/s1. The molecule has 23 heavy (non-hydrogen) atoms. The van der Waals surface area contributed by atoms with Crippen LogP contribution in [0.25, 0.3) is 0 Å². The van der Waals surface area contributed by atoms with Gasteiger partial charge in [-0.25, -0.2) is 0 Å². The summed E-state index contributed by atoms with van der Waals surface area (Å²) in [6.45, 7) is 0. The van der Waals surface area contributed by atoms with Crippen molar-refractivity contribution < 1.29 is 24.1 Å². The molecular formula is C17H15BrO5. The summed E-state index contributed by atoms with van der Waals surface area (Å²) in [7, 11) is 3.09. The van der Waals surface area contributed by atoms with E-state index in [4.69, 9.17) is 14.2 Å². The van der Waals surface area contributed by atoms with Crippen LogP contribution in [0.3, 0.4) is 0 Å². The van der Waals surface area contributed by atoms with Crippen LogP contribution in [-0.4, -0.2) is 31.2 Å². The molecule has 0 radical (unpaired) electrons. The largest absolute Gasteiger partial charge is 0.497 e. The van der Waals surface area contributed by atoms with Gasteiger partial charge in [-0.05, 0) is 51.8 Å². The molecule has 1 aliphatic rings. The first-order chi connectivity index (χ1) is 11.0. The van der Waals surface area contributed by atoms with Crippen molar-refractivity contribution in [3.05, 3.63) is 52.0 Å². The zero-order valence-corrected chi connectivity index (χ0v) is 14.2. The van der Waals surface area contributed by atoms with Crippen molar-refractivity contribution in [3.63, 3.8) is 0 Å². The number of benzene rings is 2. The average Bonchev–Trinajstić information content (AvgIpc) is 2.57. The van der Waals surface area contributed by atoms with Gasteiger partial charge in [0.25, 0.3) is 0 Å².